The van der Waals surface area contributed by atoms with Crippen molar-refractivity contribution in [2.24, 2.45) is 0 Å². The third kappa shape index (κ3) is 7.91. The maximum atomic E-state index is 12.5. The Labute approximate surface area is 247 Å². The molecule has 5 rings (SSSR count). The molecule has 1 saturated carbocycles. The van der Waals surface area contributed by atoms with Crippen molar-refractivity contribution in [1.82, 2.24) is 25.3 Å². The Balaban J connectivity index is 1.27. The van der Waals surface area contributed by atoms with Crippen LogP contribution in [0.15, 0.2) is 73.2 Å². The molecule has 1 aliphatic rings. The number of benzene rings is 1. The van der Waals surface area contributed by atoms with Crippen LogP contribution in [0.1, 0.15) is 80.4 Å². The van der Waals surface area contributed by atoms with Crippen molar-refractivity contribution in [2.45, 2.75) is 70.9 Å². The van der Waals surface area contributed by atoms with Crippen LogP contribution >= 0.6 is 0 Å². The normalized spacial score (nSPS) is 13.9. The monoisotopic (exact) mass is 559 g/mol. The molecule has 0 saturated heterocycles. The van der Waals surface area contributed by atoms with Crippen LogP contribution in [0, 0.1) is 11.8 Å². The van der Waals surface area contributed by atoms with Gasteiger partial charge in [-0.1, -0.05) is 44.6 Å². The Hall–Kier alpha value is -4.77. The van der Waals surface area contributed by atoms with Gasteiger partial charge < -0.3 is 16.0 Å². The Kier molecular flexibility index (Phi) is 9.73. The van der Waals surface area contributed by atoms with Gasteiger partial charge in [0.25, 0.3) is 5.91 Å². The summed E-state index contributed by atoms with van der Waals surface area (Å²) in [6.07, 6.45) is 13.2. The zero-order valence-corrected chi connectivity index (χ0v) is 24.2. The van der Waals surface area contributed by atoms with Crippen LogP contribution in [0.3, 0.4) is 0 Å². The molecule has 8 heteroatoms. The summed E-state index contributed by atoms with van der Waals surface area (Å²) in [7, 11) is 0. The van der Waals surface area contributed by atoms with Crippen LogP contribution in [-0.4, -0.2) is 37.9 Å². The summed E-state index contributed by atoms with van der Waals surface area (Å²) in [5, 5.41) is 10.00. The van der Waals surface area contributed by atoms with E-state index in [1.807, 2.05) is 55.6 Å². The highest BCUT2D eigenvalue weighted by Gasteiger charge is 2.18. The number of nitrogens with zero attached hydrogens (tertiary/aromatic N) is 4. The molecule has 0 bridgehead atoms. The number of hydrogen-bond donors (Lipinski definition) is 3. The Morgan fingerprint density at radius 2 is 1.81 bits per heavy atom. The molecule has 3 heterocycles. The van der Waals surface area contributed by atoms with Gasteiger partial charge in [-0.25, -0.2) is 9.97 Å². The van der Waals surface area contributed by atoms with E-state index in [2.05, 4.69) is 49.7 Å². The summed E-state index contributed by atoms with van der Waals surface area (Å²) in [6, 6.07) is 17.6. The van der Waals surface area contributed by atoms with Crippen molar-refractivity contribution in [3.8, 4) is 23.1 Å². The fourth-order valence-electron chi connectivity index (χ4n) is 5.06. The zero-order valence-electron chi connectivity index (χ0n) is 24.2. The van der Waals surface area contributed by atoms with Crippen molar-refractivity contribution in [1.29, 1.82) is 0 Å². The van der Waals surface area contributed by atoms with Gasteiger partial charge in [0.15, 0.2) is 0 Å². The topological polar surface area (TPSA) is 105 Å². The largest absolute Gasteiger partial charge is 0.367 e. The van der Waals surface area contributed by atoms with Crippen molar-refractivity contribution >= 4 is 23.4 Å². The third-order valence-electron chi connectivity index (χ3n) is 7.27. The van der Waals surface area contributed by atoms with Gasteiger partial charge in [-0.15, -0.1) is 0 Å². The van der Waals surface area contributed by atoms with E-state index in [-0.39, 0.29) is 11.9 Å². The first kappa shape index (κ1) is 28.7. The number of nitrogens with one attached hydrogen (secondary N) is 3. The summed E-state index contributed by atoms with van der Waals surface area (Å²) >= 11 is 0. The number of rotatable bonds is 9. The zero-order chi connectivity index (χ0) is 29.1. The van der Waals surface area contributed by atoms with E-state index in [0.717, 1.165) is 54.0 Å². The van der Waals surface area contributed by atoms with E-state index in [1.54, 1.807) is 24.5 Å². The van der Waals surface area contributed by atoms with Crippen LogP contribution < -0.4 is 16.0 Å². The highest BCUT2D eigenvalue weighted by atomic mass is 16.1. The lowest BCUT2D eigenvalue weighted by atomic mass is 9.95. The molecule has 1 aromatic carbocycles. The number of hydrogen-bond acceptors (Lipinski definition) is 7. The molecule has 1 fully saturated rings. The molecule has 0 spiro atoms. The summed E-state index contributed by atoms with van der Waals surface area (Å²) < 4.78 is 0. The molecule has 1 aliphatic carbocycles. The van der Waals surface area contributed by atoms with Gasteiger partial charge in [-0.3, -0.25) is 9.78 Å². The van der Waals surface area contributed by atoms with Gasteiger partial charge in [-0.2, -0.15) is 4.98 Å². The van der Waals surface area contributed by atoms with Gasteiger partial charge in [0.1, 0.15) is 11.5 Å². The Morgan fingerprint density at radius 3 is 2.57 bits per heavy atom. The summed E-state index contributed by atoms with van der Waals surface area (Å²) in [6.45, 7) is 4.12. The van der Waals surface area contributed by atoms with Gasteiger partial charge in [0, 0.05) is 47.5 Å². The van der Waals surface area contributed by atoms with Crippen LogP contribution in [0.5, 0.6) is 0 Å². The van der Waals surface area contributed by atoms with Gasteiger partial charge in [-0.05, 0) is 80.6 Å². The molecule has 0 aliphatic heterocycles. The SMILES string of the molecule is CCC[C@H](C)NC(=O)c1ccnc(C#Cc2ccc(Nc3ncc(-c4ccccn4)c(NC4CCCCC4)n3)cc2)c1. The molecular weight excluding hydrogens is 522 g/mol. The van der Waals surface area contributed by atoms with E-state index >= 15 is 0 Å². The van der Waals surface area contributed by atoms with Crippen LogP contribution in [0.4, 0.5) is 17.5 Å². The minimum Gasteiger partial charge on any atom is -0.367 e. The third-order valence-corrected chi connectivity index (χ3v) is 7.27. The van der Waals surface area contributed by atoms with E-state index in [0.29, 0.717) is 23.2 Å². The van der Waals surface area contributed by atoms with Crippen molar-refractivity contribution < 1.29 is 4.79 Å². The smallest absolute Gasteiger partial charge is 0.251 e. The van der Waals surface area contributed by atoms with E-state index < -0.39 is 0 Å². The van der Waals surface area contributed by atoms with Crippen LogP contribution in [-0.2, 0) is 0 Å². The first-order valence-electron chi connectivity index (χ1n) is 14.8. The number of pyridine rings is 2. The molecule has 214 valence electrons. The van der Waals surface area contributed by atoms with Crippen LogP contribution in [0.2, 0.25) is 0 Å². The summed E-state index contributed by atoms with van der Waals surface area (Å²) in [5.74, 6) is 7.41. The van der Waals surface area contributed by atoms with E-state index in [4.69, 9.17) is 4.98 Å². The summed E-state index contributed by atoms with van der Waals surface area (Å²) in [5.41, 5.74) is 4.53. The predicted octanol–water partition coefficient (Wildman–Crippen LogP) is 6.74. The minimum atomic E-state index is -0.107. The van der Waals surface area contributed by atoms with Crippen LogP contribution in [0.25, 0.3) is 11.3 Å². The van der Waals surface area contributed by atoms with Gasteiger partial charge in [0.05, 0.1) is 11.3 Å². The molecule has 8 nitrogen and oxygen atoms in total. The molecule has 1 atom stereocenters. The second kappa shape index (κ2) is 14.2. The minimum absolute atomic E-state index is 0.107. The second-order valence-electron chi connectivity index (χ2n) is 10.7. The number of carbonyl (C=O) groups excluding carboxylic acids is 1. The lowest BCUT2D eigenvalue weighted by Crippen LogP contribution is -2.32. The molecule has 42 heavy (non-hydrogen) atoms. The summed E-state index contributed by atoms with van der Waals surface area (Å²) in [4.78, 5) is 30.8. The standard InChI is InChI=1S/C34H37N7O/c1-3-9-24(2)38-33(42)26-19-21-35-29(22-26)18-15-25-13-16-28(17-14-25)40-34-37-23-30(31-12-7-8-20-36-31)32(41-34)39-27-10-5-4-6-11-27/h7-8,12-14,16-17,19-24,27H,3-6,9-11H2,1-2H3,(H,38,42)(H2,37,39,40,41)/t24-/m0/s1. The molecule has 0 radical (unpaired) electrons. The van der Waals surface area contributed by atoms with E-state index in [9.17, 15) is 4.79 Å². The van der Waals surface area contributed by atoms with Crippen molar-refractivity contribution in [3.05, 3.63) is 90.0 Å². The quantitative estimate of drug-likeness (QED) is 0.195. The Bertz CT molecular complexity index is 1540. The van der Waals surface area contributed by atoms with Gasteiger partial charge in [0.2, 0.25) is 5.95 Å². The number of anilines is 3. The van der Waals surface area contributed by atoms with Gasteiger partial charge >= 0.3 is 0 Å². The number of carbonyl (C=O) groups is 1. The molecule has 4 aromatic rings. The van der Waals surface area contributed by atoms with E-state index in [1.165, 1.54) is 19.3 Å². The number of aromatic nitrogens is 4. The fourth-order valence-corrected chi connectivity index (χ4v) is 5.06. The fraction of sp³-hybridized carbons (Fsp3) is 0.324. The highest BCUT2D eigenvalue weighted by Crippen LogP contribution is 2.29. The maximum Gasteiger partial charge on any atom is 0.251 e. The molecular formula is C34H37N7O. The first-order valence-corrected chi connectivity index (χ1v) is 14.8. The lowest BCUT2D eigenvalue weighted by molar-refractivity contribution is 0.0938. The highest BCUT2D eigenvalue weighted by molar-refractivity contribution is 5.94. The molecule has 0 unspecified atom stereocenters. The molecule has 3 aromatic heterocycles. The lowest BCUT2D eigenvalue weighted by Gasteiger charge is -2.24. The van der Waals surface area contributed by atoms with Crippen molar-refractivity contribution in [2.75, 3.05) is 10.6 Å². The molecule has 1 amide bonds. The average molecular weight is 560 g/mol. The maximum absolute atomic E-state index is 12.5. The Morgan fingerprint density at radius 1 is 0.976 bits per heavy atom. The number of amides is 1. The average Bonchev–Trinajstić information content (AvgIpc) is 3.02. The van der Waals surface area contributed by atoms with Crippen molar-refractivity contribution in [3.63, 3.8) is 0 Å². The first-order chi connectivity index (χ1) is 20.6. The predicted molar refractivity (Wildman–Crippen MR) is 168 cm³/mol. The second-order valence-corrected chi connectivity index (χ2v) is 10.7. The molecule has 3 N–H and O–H groups in total.